The minimum Gasteiger partial charge on any atom is -0.491 e. The number of hydrogen-bond donors (Lipinski definition) is 2. The number of benzene rings is 1. The Bertz CT molecular complexity index is 300. The molecule has 0 atom stereocenters. The van der Waals surface area contributed by atoms with Crippen molar-refractivity contribution in [2.75, 3.05) is 18.5 Å². The zero-order valence-electron chi connectivity index (χ0n) is 10.1. The quantitative estimate of drug-likeness (QED) is 0.698. The Labute approximate surface area is 97.4 Å². The van der Waals surface area contributed by atoms with Crippen LogP contribution in [0.4, 0.5) is 5.69 Å². The number of nitrogens with one attached hydrogen (secondary N) is 1. The fraction of sp³-hybridized carbons (Fsp3) is 0.538. The van der Waals surface area contributed by atoms with Crippen LogP contribution in [0.3, 0.4) is 0 Å². The Balaban J connectivity index is 2.41. The molecule has 90 valence electrons. The van der Waals surface area contributed by atoms with Gasteiger partial charge >= 0.3 is 0 Å². The normalized spacial score (nSPS) is 10.5. The van der Waals surface area contributed by atoms with E-state index in [4.69, 9.17) is 9.84 Å². The van der Waals surface area contributed by atoms with Gasteiger partial charge in [0.25, 0.3) is 0 Å². The van der Waals surface area contributed by atoms with E-state index in [1.807, 2.05) is 38.1 Å². The summed E-state index contributed by atoms with van der Waals surface area (Å²) in [5.41, 5.74) is 1.07. The molecule has 0 saturated heterocycles. The molecule has 0 bridgehead atoms. The first kappa shape index (κ1) is 12.8. The van der Waals surface area contributed by atoms with Crippen LogP contribution in [0.25, 0.3) is 0 Å². The highest BCUT2D eigenvalue weighted by atomic mass is 16.5. The molecule has 3 heteroatoms. The van der Waals surface area contributed by atoms with Gasteiger partial charge in [-0.15, -0.1) is 0 Å². The van der Waals surface area contributed by atoms with Gasteiger partial charge in [0.15, 0.2) is 0 Å². The van der Waals surface area contributed by atoms with Gasteiger partial charge in [0, 0.05) is 24.9 Å². The molecule has 0 aromatic heterocycles. The molecule has 1 aromatic carbocycles. The number of hydrogen-bond acceptors (Lipinski definition) is 3. The summed E-state index contributed by atoms with van der Waals surface area (Å²) in [5.74, 6) is 0.891. The molecule has 0 unspecified atom stereocenters. The lowest BCUT2D eigenvalue weighted by Crippen LogP contribution is -2.06. The van der Waals surface area contributed by atoms with Gasteiger partial charge in [-0.05, 0) is 38.8 Å². The monoisotopic (exact) mass is 223 g/mol. The van der Waals surface area contributed by atoms with Crippen molar-refractivity contribution < 1.29 is 9.84 Å². The number of ether oxygens (including phenoxy) is 1. The van der Waals surface area contributed by atoms with Crippen molar-refractivity contribution >= 4 is 5.69 Å². The maximum Gasteiger partial charge on any atom is 0.121 e. The molecular formula is C13H21NO2. The van der Waals surface area contributed by atoms with E-state index >= 15 is 0 Å². The summed E-state index contributed by atoms with van der Waals surface area (Å²) in [5, 5.41) is 12.0. The lowest BCUT2D eigenvalue weighted by atomic mass is 10.2. The van der Waals surface area contributed by atoms with Crippen LogP contribution in [0.2, 0.25) is 0 Å². The molecule has 1 aromatic rings. The van der Waals surface area contributed by atoms with Gasteiger partial charge in [-0.3, -0.25) is 0 Å². The highest BCUT2D eigenvalue weighted by Gasteiger charge is 1.98. The molecule has 0 aliphatic carbocycles. The Morgan fingerprint density at radius 3 is 2.81 bits per heavy atom. The standard InChI is InChI=1S/C13H21NO2/c1-11(2)16-13-7-5-6-12(10-13)14-8-3-4-9-15/h5-7,10-11,14-15H,3-4,8-9H2,1-2H3. The maximum absolute atomic E-state index is 8.66. The first-order chi connectivity index (χ1) is 7.72. The van der Waals surface area contributed by atoms with E-state index < -0.39 is 0 Å². The van der Waals surface area contributed by atoms with Gasteiger partial charge in [-0.1, -0.05) is 6.07 Å². The van der Waals surface area contributed by atoms with E-state index in [9.17, 15) is 0 Å². The Morgan fingerprint density at radius 1 is 1.31 bits per heavy atom. The number of unbranched alkanes of at least 4 members (excludes halogenated alkanes) is 1. The molecule has 0 spiro atoms. The molecule has 0 heterocycles. The van der Waals surface area contributed by atoms with Crippen molar-refractivity contribution in [3.8, 4) is 5.75 Å². The van der Waals surface area contributed by atoms with Crippen molar-refractivity contribution in [1.29, 1.82) is 0 Å². The molecular weight excluding hydrogens is 202 g/mol. The second-order valence-electron chi connectivity index (χ2n) is 4.05. The molecule has 3 nitrogen and oxygen atoms in total. The molecule has 2 N–H and O–H groups in total. The van der Waals surface area contributed by atoms with Crippen molar-refractivity contribution in [3.63, 3.8) is 0 Å². The third kappa shape index (κ3) is 5.03. The summed E-state index contributed by atoms with van der Waals surface area (Å²) in [4.78, 5) is 0. The van der Waals surface area contributed by atoms with Crippen LogP contribution in [-0.2, 0) is 0 Å². The second kappa shape index (κ2) is 7.12. The zero-order chi connectivity index (χ0) is 11.8. The van der Waals surface area contributed by atoms with Crippen LogP contribution in [0.5, 0.6) is 5.75 Å². The molecule has 0 aliphatic rings. The van der Waals surface area contributed by atoms with Gasteiger partial charge in [0.2, 0.25) is 0 Å². The minimum absolute atomic E-state index is 0.199. The van der Waals surface area contributed by atoms with E-state index in [0.29, 0.717) is 0 Å². The first-order valence-corrected chi connectivity index (χ1v) is 5.84. The Hall–Kier alpha value is -1.22. The SMILES string of the molecule is CC(C)Oc1cccc(NCCCCO)c1. The van der Waals surface area contributed by atoms with Gasteiger partial charge in [-0.2, -0.15) is 0 Å². The fourth-order valence-corrected chi connectivity index (χ4v) is 1.42. The van der Waals surface area contributed by atoms with E-state index in [1.165, 1.54) is 0 Å². The predicted molar refractivity (Wildman–Crippen MR) is 67.0 cm³/mol. The van der Waals surface area contributed by atoms with Crippen LogP contribution in [0.15, 0.2) is 24.3 Å². The molecule has 0 amide bonds. The zero-order valence-corrected chi connectivity index (χ0v) is 10.1. The lowest BCUT2D eigenvalue weighted by Gasteiger charge is -2.11. The van der Waals surface area contributed by atoms with Crippen molar-refractivity contribution in [2.24, 2.45) is 0 Å². The van der Waals surface area contributed by atoms with Gasteiger partial charge in [-0.25, -0.2) is 0 Å². The van der Waals surface area contributed by atoms with Crippen molar-refractivity contribution in [2.45, 2.75) is 32.8 Å². The fourth-order valence-electron chi connectivity index (χ4n) is 1.42. The maximum atomic E-state index is 8.66. The molecule has 1 rings (SSSR count). The van der Waals surface area contributed by atoms with Crippen LogP contribution >= 0.6 is 0 Å². The van der Waals surface area contributed by atoms with Gasteiger partial charge in [0.1, 0.15) is 5.75 Å². The molecule has 0 aliphatic heterocycles. The average Bonchev–Trinajstić information content (AvgIpc) is 2.24. The highest BCUT2D eigenvalue weighted by molar-refractivity contribution is 5.48. The van der Waals surface area contributed by atoms with Gasteiger partial charge in [0.05, 0.1) is 6.10 Å². The van der Waals surface area contributed by atoms with E-state index in [1.54, 1.807) is 0 Å². The summed E-state index contributed by atoms with van der Waals surface area (Å²) < 4.78 is 5.60. The third-order valence-electron chi connectivity index (χ3n) is 2.12. The van der Waals surface area contributed by atoms with Crippen LogP contribution < -0.4 is 10.1 Å². The summed E-state index contributed by atoms with van der Waals surface area (Å²) in [6, 6.07) is 7.95. The summed E-state index contributed by atoms with van der Waals surface area (Å²) in [6.45, 7) is 5.17. The summed E-state index contributed by atoms with van der Waals surface area (Å²) in [7, 11) is 0. The number of anilines is 1. The molecule has 16 heavy (non-hydrogen) atoms. The number of aliphatic hydroxyl groups is 1. The molecule has 0 radical (unpaired) electrons. The second-order valence-corrected chi connectivity index (χ2v) is 4.05. The molecule has 0 fully saturated rings. The Morgan fingerprint density at radius 2 is 2.12 bits per heavy atom. The van der Waals surface area contributed by atoms with E-state index in [0.717, 1.165) is 30.8 Å². The lowest BCUT2D eigenvalue weighted by molar-refractivity contribution is 0.242. The average molecular weight is 223 g/mol. The van der Waals surface area contributed by atoms with Gasteiger partial charge < -0.3 is 15.2 Å². The van der Waals surface area contributed by atoms with Crippen molar-refractivity contribution in [1.82, 2.24) is 0 Å². The Kier molecular flexibility index (Phi) is 5.72. The number of rotatable bonds is 7. The largest absolute Gasteiger partial charge is 0.491 e. The predicted octanol–water partition coefficient (Wildman–Crippen LogP) is 2.66. The summed E-state index contributed by atoms with van der Waals surface area (Å²) in [6.07, 6.45) is 2.02. The molecule has 0 saturated carbocycles. The minimum atomic E-state index is 0.199. The van der Waals surface area contributed by atoms with E-state index in [-0.39, 0.29) is 12.7 Å². The van der Waals surface area contributed by atoms with Crippen LogP contribution in [-0.4, -0.2) is 24.4 Å². The van der Waals surface area contributed by atoms with Crippen LogP contribution in [0, 0.1) is 0 Å². The van der Waals surface area contributed by atoms with Crippen molar-refractivity contribution in [3.05, 3.63) is 24.3 Å². The topological polar surface area (TPSA) is 41.5 Å². The van der Waals surface area contributed by atoms with E-state index in [2.05, 4.69) is 5.32 Å². The smallest absolute Gasteiger partial charge is 0.121 e. The third-order valence-corrected chi connectivity index (χ3v) is 2.12. The summed E-state index contributed by atoms with van der Waals surface area (Å²) >= 11 is 0. The number of aliphatic hydroxyl groups excluding tert-OH is 1. The van der Waals surface area contributed by atoms with Crippen LogP contribution in [0.1, 0.15) is 26.7 Å². The first-order valence-electron chi connectivity index (χ1n) is 5.84. The highest BCUT2D eigenvalue weighted by Crippen LogP contribution is 2.18.